The molecule has 2 heterocycles. The summed E-state index contributed by atoms with van der Waals surface area (Å²) in [4.78, 5) is 18.9. The number of ether oxygens (including phenoxy) is 1. The molecule has 0 bridgehead atoms. The first-order valence-corrected chi connectivity index (χ1v) is 13.6. The van der Waals surface area contributed by atoms with Gasteiger partial charge >= 0.3 is 0 Å². The smallest absolute Gasteiger partial charge is 0.250 e. The highest BCUT2D eigenvalue weighted by atomic mass is 35.5. The van der Waals surface area contributed by atoms with Crippen molar-refractivity contribution in [2.45, 2.75) is 38.5 Å². The standard InChI is InChI=1S/C23H25ClN2O4S2/c1-4-15(3)22(27)25-23-26(19-12-32(28,29)13-21(19)31-23)18-11-16(24)8-9-20(18)30-17-7-5-6-14(2)10-17/h5-11,15,19,21H,4,12-13H2,1-3H3/t15-,19-,21+/m1/s1. The highest BCUT2D eigenvalue weighted by molar-refractivity contribution is 8.16. The number of nitrogens with zero attached hydrogens (tertiary/aromatic N) is 2. The fourth-order valence-electron chi connectivity index (χ4n) is 3.80. The molecule has 32 heavy (non-hydrogen) atoms. The number of benzene rings is 2. The Hall–Kier alpha value is -2.03. The highest BCUT2D eigenvalue weighted by Gasteiger charge is 2.50. The first-order valence-electron chi connectivity index (χ1n) is 10.5. The van der Waals surface area contributed by atoms with Crippen LogP contribution >= 0.6 is 23.4 Å². The van der Waals surface area contributed by atoms with Gasteiger partial charge in [0, 0.05) is 16.2 Å². The number of amides is 1. The zero-order chi connectivity index (χ0) is 23.0. The van der Waals surface area contributed by atoms with E-state index >= 15 is 0 Å². The molecule has 2 aliphatic rings. The Morgan fingerprint density at radius 3 is 2.78 bits per heavy atom. The summed E-state index contributed by atoms with van der Waals surface area (Å²) in [5.74, 6) is 0.809. The van der Waals surface area contributed by atoms with Gasteiger partial charge in [-0.2, -0.15) is 4.99 Å². The van der Waals surface area contributed by atoms with Gasteiger partial charge in [0.15, 0.2) is 20.8 Å². The number of hydrogen-bond acceptors (Lipinski definition) is 5. The van der Waals surface area contributed by atoms with Crippen molar-refractivity contribution < 1.29 is 17.9 Å². The van der Waals surface area contributed by atoms with Gasteiger partial charge in [0.25, 0.3) is 5.91 Å². The number of aliphatic imine (C=N–C) groups is 1. The van der Waals surface area contributed by atoms with Crippen LogP contribution in [0.2, 0.25) is 5.02 Å². The van der Waals surface area contributed by atoms with Crippen LogP contribution < -0.4 is 9.64 Å². The molecule has 0 radical (unpaired) electrons. The summed E-state index contributed by atoms with van der Waals surface area (Å²) in [7, 11) is -3.18. The lowest BCUT2D eigenvalue weighted by Crippen LogP contribution is -2.38. The van der Waals surface area contributed by atoms with Crippen molar-refractivity contribution in [3.05, 3.63) is 53.1 Å². The third kappa shape index (κ3) is 4.82. The highest BCUT2D eigenvalue weighted by Crippen LogP contribution is 2.45. The zero-order valence-corrected chi connectivity index (χ0v) is 20.5. The Morgan fingerprint density at radius 2 is 2.06 bits per heavy atom. The first-order chi connectivity index (χ1) is 15.2. The summed E-state index contributed by atoms with van der Waals surface area (Å²) >= 11 is 7.68. The lowest BCUT2D eigenvalue weighted by atomic mass is 10.1. The molecule has 0 N–H and O–H groups in total. The predicted octanol–water partition coefficient (Wildman–Crippen LogP) is 5.09. The number of anilines is 1. The molecule has 2 aromatic rings. The molecule has 9 heteroatoms. The molecule has 0 spiro atoms. The van der Waals surface area contributed by atoms with Gasteiger partial charge in [-0.3, -0.25) is 4.79 Å². The fourth-order valence-corrected chi connectivity index (χ4v) is 7.87. The Morgan fingerprint density at radius 1 is 1.28 bits per heavy atom. The van der Waals surface area contributed by atoms with E-state index in [2.05, 4.69) is 4.99 Å². The Kier molecular flexibility index (Phi) is 6.56. The van der Waals surface area contributed by atoms with Gasteiger partial charge < -0.3 is 9.64 Å². The topological polar surface area (TPSA) is 76.0 Å². The number of sulfone groups is 1. The number of halogens is 1. The summed E-state index contributed by atoms with van der Waals surface area (Å²) < 4.78 is 30.9. The van der Waals surface area contributed by atoms with Crippen LogP contribution in [0.5, 0.6) is 11.5 Å². The van der Waals surface area contributed by atoms with E-state index in [4.69, 9.17) is 16.3 Å². The summed E-state index contributed by atoms with van der Waals surface area (Å²) in [6.07, 6.45) is 0.681. The van der Waals surface area contributed by atoms with Gasteiger partial charge in [-0.05, 0) is 49.2 Å². The third-order valence-corrected chi connectivity index (χ3v) is 9.15. The van der Waals surface area contributed by atoms with Gasteiger partial charge in [0.05, 0.1) is 23.2 Å². The molecule has 0 aromatic heterocycles. The van der Waals surface area contributed by atoms with Crippen molar-refractivity contribution in [3.63, 3.8) is 0 Å². The normalized spacial score (nSPS) is 23.9. The molecule has 170 valence electrons. The summed E-state index contributed by atoms with van der Waals surface area (Å²) in [6.45, 7) is 5.76. The molecular formula is C23H25ClN2O4S2. The number of rotatable bonds is 5. The fraction of sp³-hybridized carbons (Fsp3) is 0.391. The predicted molar refractivity (Wildman–Crippen MR) is 131 cm³/mol. The summed E-state index contributed by atoms with van der Waals surface area (Å²) in [6, 6.07) is 12.5. The maximum absolute atomic E-state index is 12.6. The van der Waals surface area contributed by atoms with Gasteiger partial charge in [-0.25, -0.2) is 8.42 Å². The molecule has 0 unspecified atom stereocenters. The van der Waals surface area contributed by atoms with Crippen molar-refractivity contribution in [1.82, 2.24) is 0 Å². The Labute approximate surface area is 197 Å². The molecular weight excluding hydrogens is 468 g/mol. The molecule has 4 rings (SSSR count). The second-order valence-corrected chi connectivity index (χ2v) is 12.0. The van der Waals surface area contributed by atoms with Crippen molar-refractivity contribution >= 4 is 50.0 Å². The number of amidine groups is 1. The molecule has 1 amide bonds. The van der Waals surface area contributed by atoms with Crippen LogP contribution in [0.3, 0.4) is 0 Å². The van der Waals surface area contributed by atoms with E-state index in [1.807, 2.05) is 49.9 Å². The minimum atomic E-state index is -3.18. The van der Waals surface area contributed by atoms with E-state index in [-0.39, 0.29) is 34.6 Å². The SMILES string of the molecule is CC[C@@H](C)C(=O)N=C1S[C@H]2CS(=O)(=O)C[C@H]2N1c1cc(Cl)ccc1Oc1cccc(C)c1. The molecule has 6 nitrogen and oxygen atoms in total. The summed E-state index contributed by atoms with van der Waals surface area (Å²) in [5.41, 5.74) is 1.66. The maximum Gasteiger partial charge on any atom is 0.250 e. The number of aryl methyl sites for hydroxylation is 1. The van der Waals surface area contributed by atoms with Crippen molar-refractivity contribution in [3.8, 4) is 11.5 Å². The van der Waals surface area contributed by atoms with E-state index in [0.29, 0.717) is 33.8 Å². The van der Waals surface area contributed by atoms with E-state index in [1.165, 1.54) is 11.8 Å². The van der Waals surface area contributed by atoms with Crippen LogP contribution in [0.25, 0.3) is 0 Å². The van der Waals surface area contributed by atoms with Gasteiger partial charge in [-0.15, -0.1) is 0 Å². The number of thioether (sulfide) groups is 1. The first kappa shape index (κ1) is 23.1. The average Bonchev–Trinajstić information content (AvgIpc) is 3.19. The van der Waals surface area contributed by atoms with Gasteiger partial charge in [0.2, 0.25) is 0 Å². The molecule has 2 aliphatic heterocycles. The molecule has 2 aromatic carbocycles. The van der Waals surface area contributed by atoms with E-state index < -0.39 is 9.84 Å². The minimum Gasteiger partial charge on any atom is -0.455 e. The third-order valence-electron chi connectivity index (χ3n) is 5.70. The molecule has 0 saturated carbocycles. The largest absolute Gasteiger partial charge is 0.455 e. The Balaban J connectivity index is 1.79. The molecule has 0 aliphatic carbocycles. The van der Waals surface area contributed by atoms with Crippen LogP contribution in [0.1, 0.15) is 25.8 Å². The van der Waals surface area contributed by atoms with Gasteiger partial charge in [0.1, 0.15) is 5.75 Å². The molecule has 2 saturated heterocycles. The van der Waals surface area contributed by atoms with Crippen LogP contribution in [-0.4, -0.2) is 42.3 Å². The van der Waals surface area contributed by atoms with Crippen LogP contribution in [0.15, 0.2) is 47.5 Å². The van der Waals surface area contributed by atoms with Crippen molar-refractivity contribution in [2.75, 3.05) is 16.4 Å². The number of hydrogen-bond donors (Lipinski definition) is 0. The lowest BCUT2D eigenvalue weighted by molar-refractivity contribution is -0.121. The maximum atomic E-state index is 12.6. The average molecular weight is 493 g/mol. The quantitative estimate of drug-likeness (QED) is 0.578. The van der Waals surface area contributed by atoms with Gasteiger partial charge in [-0.1, -0.05) is 49.3 Å². The monoisotopic (exact) mass is 492 g/mol. The van der Waals surface area contributed by atoms with Crippen LogP contribution in [-0.2, 0) is 14.6 Å². The molecule has 3 atom stereocenters. The zero-order valence-electron chi connectivity index (χ0n) is 18.1. The second kappa shape index (κ2) is 9.08. The van der Waals surface area contributed by atoms with E-state index in [0.717, 1.165) is 5.56 Å². The van der Waals surface area contributed by atoms with Crippen molar-refractivity contribution in [1.29, 1.82) is 0 Å². The number of carbonyl (C=O) groups is 1. The minimum absolute atomic E-state index is 0.00237. The van der Waals surface area contributed by atoms with Crippen molar-refractivity contribution in [2.24, 2.45) is 10.9 Å². The second-order valence-electron chi connectivity index (χ2n) is 8.24. The Bertz CT molecular complexity index is 1180. The van der Waals surface area contributed by atoms with Crippen LogP contribution in [0.4, 0.5) is 5.69 Å². The van der Waals surface area contributed by atoms with E-state index in [1.54, 1.807) is 18.2 Å². The number of fused-ring (bicyclic) bond motifs is 1. The number of carbonyl (C=O) groups excluding carboxylic acids is 1. The molecule has 2 fully saturated rings. The van der Waals surface area contributed by atoms with Crippen LogP contribution in [0, 0.1) is 12.8 Å². The summed E-state index contributed by atoms with van der Waals surface area (Å²) in [5, 5.41) is 0.782. The lowest BCUT2D eigenvalue weighted by Gasteiger charge is -2.27. The van der Waals surface area contributed by atoms with E-state index in [9.17, 15) is 13.2 Å².